The van der Waals surface area contributed by atoms with E-state index >= 15 is 0 Å². The van der Waals surface area contributed by atoms with Crippen LogP contribution in [0.4, 0.5) is 4.79 Å². The summed E-state index contributed by atoms with van der Waals surface area (Å²) in [7, 11) is -0.712. The number of piperidine rings is 1. The second-order valence-electron chi connectivity index (χ2n) is 6.18. The molecule has 2 amide bonds. The zero-order valence-electron chi connectivity index (χ0n) is 14.3. The number of nitrogens with one attached hydrogen (secondary N) is 1. The molecule has 1 saturated heterocycles. The molecule has 9 heteroatoms. The van der Waals surface area contributed by atoms with E-state index in [2.05, 4.69) is 5.32 Å². The Morgan fingerprint density at radius 3 is 2.64 bits per heavy atom. The van der Waals surface area contributed by atoms with E-state index in [0.29, 0.717) is 24.9 Å². The maximum absolute atomic E-state index is 12.4. The molecule has 1 unspecified atom stereocenters. The highest BCUT2D eigenvalue weighted by Crippen LogP contribution is 2.19. The van der Waals surface area contributed by atoms with Crippen LogP contribution in [0.25, 0.3) is 0 Å². The van der Waals surface area contributed by atoms with Crippen molar-refractivity contribution in [2.24, 2.45) is 5.92 Å². The minimum atomic E-state index is -3.61. The number of hydrogen-bond acceptors (Lipinski definition) is 4. The third-order valence-corrected chi connectivity index (χ3v) is 6.13. The highest BCUT2D eigenvalue weighted by atomic mass is 32.2. The fourth-order valence-electron chi connectivity index (χ4n) is 2.74. The number of carboxylic acids is 1. The van der Waals surface area contributed by atoms with Gasteiger partial charge in [0.25, 0.3) is 0 Å². The van der Waals surface area contributed by atoms with E-state index in [9.17, 15) is 18.0 Å². The molecular weight excluding hydrogens is 346 g/mol. The van der Waals surface area contributed by atoms with Crippen molar-refractivity contribution < 1.29 is 23.1 Å². The first kappa shape index (κ1) is 19.2. The predicted molar refractivity (Wildman–Crippen MR) is 91.5 cm³/mol. The predicted octanol–water partition coefficient (Wildman–Crippen LogP) is 0.943. The molecule has 0 aromatic heterocycles. The van der Waals surface area contributed by atoms with Gasteiger partial charge in [-0.3, -0.25) is 4.79 Å². The van der Waals surface area contributed by atoms with Gasteiger partial charge in [-0.15, -0.1) is 0 Å². The van der Waals surface area contributed by atoms with Gasteiger partial charge in [0.2, 0.25) is 10.0 Å². The maximum Gasteiger partial charge on any atom is 0.317 e. The molecule has 1 aliphatic heterocycles. The van der Waals surface area contributed by atoms with Gasteiger partial charge >= 0.3 is 12.0 Å². The molecule has 1 aromatic carbocycles. The van der Waals surface area contributed by atoms with Gasteiger partial charge < -0.3 is 15.3 Å². The lowest BCUT2D eigenvalue weighted by Gasteiger charge is -2.30. The number of rotatable bonds is 5. The van der Waals surface area contributed by atoms with E-state index in [1.54, 1.807) is 18.2 Å². The third-order valence-electron chi connectivity index (χ3n) is 4.22. The monoisotopic (exact) mass is 369 g/mol. The Morgan fingerprint density at radius 2 is 2.00 bits per heavy atom. The topological polar surface area (TPSA) is 107 Å². The SMILES string of the molecule is CN(C)S(=O)(=O)c1ccccc1CNC(=O)N1CCCC(C(=O)O)C1. The summed E-state index contributed by atoms with van der Waals surface area (Å²) in [4.78, 5) is 25.0. The van der Waals surface area contributed by atoms with Crippen molar-refractivity contribution in [3.05, 3.63) is 29.8 Å². The number of carboxylic acid groups (broad SMARTS) is 1. The van der Waals surface area contributed by atoms with E-state index in [0.717, 1.165) is 4.31 Å². The Labute approximate surface area is 147 Å². The second-order valence-corrected chi connectivity index (χ2v) is 8.30. The number of sulfonamides is 1. The molecule has 1 fully saturated rings. The number of likely N-dealkylation sites (tertiary alicyclic amines) is 1. The van der Waals surface area contributed by atoms with Crippen molar-refractivity contribution in [1.82, 2.24) is 14.5 Å². The van der Waals surface area contributed by atoms with Crippen molar-refractivity contribution in [1.29, 1.82) is 0 Å². The zero-order valence-corrected chi connectivity index (χ0v) is 15.1. The van der Waals surface area contributed by atoms with Gasteiger partial charge in [0.15, 0.2) is 0 Å². The number of benzene rings is 1. The van der Waals surface area contributed by atoms with Crippen LogP contribution in [0.1, 0.15) is 18.4 Å². The van der Waals surface area contributed by atoms with Gasteiger partial charge in [0.1, 0.15) is 0 Å². The highest BCUT2D eigenvalue weighted by Gasteiger charge is 2.28. The van der Waals surface area contributed by atoms with Crippen LogP contribution < -0.4 is 5.32 Å². The molecule has 0 saturated carbocycles. The van der Waals surface area contributed by atoms with Crippen LogP contribution in [0.5, 0.6) is 0 Å². The first-order valence-electron chi connectivity index (χ1n) is 7.99. The van der Waals surface area contributed by atoms with E-state index in [1.165, 1.54) is 25.1 Å². The second kappa shape index (κ2) is 7.83. The van der Waals surface area contributed by atoms with Crippen molar-refractivity contribution in [3.63, 3.8) is 0 Å². The fraction of sp³-hybridized carbons (Fsp3) is 0.500. The molecule has 1 aliphatic rings. The minimum absolute atomic E-state index is 0.0519. The van der Waals surface area contributed by atoms with Crippen LogP contribution >= 0.6 is 0 Å². The summed E-state index contributed by atoms with van der Waals surface area (Å²) in [5.74, 6) is -1.46. The number of carbonyl (C=O) groups is 2. The van der Waals surface area contributed by atoms with Crippen LogP contribution in [-0.4, -0.2) is 61.9 Å². The zero-order chi connectivity index (χ0) is 18.6. The molecule has 0 spiro atoms. The van der Waals surface area contributed by atoms with E-state index in [1.807, 2.05) is 0 Å². The van der Waals surface area contributed by atoms with Gasteiger partial charge in [0, 0.05) is 33.7 Å². The Morgan fingerprint density at radius 1 is 1.32 bits per heavy atom. The summed E-state index contributed by atoms with van der Waals surface area (Å²) in [6.07, 6.45) is 1.19. The summed E-state index contributed by atoms with van der Waals surface area (Å²) in [6, 6.07) is 6.09. The molecule has 0 bridgehead atoms. The third kappa shape index (κ3) is 4.49. The molecule has 1 aromatic rings. The average molecular weight is 369 g/mol. The minimum Gasteiger partial charge on any atom is -0.481 e. The van der Waals surface area contributed by atoms with E-state index < -0.39 is 21.9 Å². The van der Waals surface area contributed by atoms with E-state index in [4.69, 9.17) is 5.11 Å². The standard InChI is InChI=1S/C16H23N3O5S/c1-18(2)25(23,24)14-8-4-3-6-12(14)10-17-16(22)19-9-5-7-13(11-19)15(20)21/h3-4,6,8,13H,5,7,9-11H2,1-2H3,(H,17,22)(H,20,21). The van der Waals surface area contributed by atoms with Crippen molar-refractivity contribution in [3.8, 4) is 0 Å². The van der Waals surface area contributed by atoms with Gasteiger partial charge in [-0.05, 0) is 24.5 Å². The van der Waals surface area contributed by atoms with Crippen molar-refractivity contribution >= 4 is 22.0 Å². The summed E-state index contributed by atoms with van der Waals surface area (Å²) < 4.78 is 25.8. The normalized spacial score (nSPS) is 18.2. The van der Waals surface area contributed by atoms with Crippen molar-refractivity contribution in [2.75, 3.05) is 27.2 Å². The number of nitrogens with zero attached hydrogens (tertiary/aromatic N) is 2. The number of amides is 2. The Balaban J connectivity index is 2.07. The van der Waals surface area contributed by atoms with Crippen LogP contribution in [0, 0.1) is 5.92 Å². The molecular formula is C16H23N3O5S. The number of aliphatic carboxylic acids is 1. The number of hydrogen-bond donors (Lipinski definition) is 2. The maximum atomic E-state index is 12.4. The molecule has 25 heavy (non-hydrogen) atoms. The lowest BCUT2D eigenvalue weighted by molar-refractivity contribution is -0.143. The highest BCUT2D eigenvalue weighted by molar-refractivity contribution is 7.89. The summed E-state index contributed by atoms with van der Waals surface area (Å²) >= 11 is 0. The molecule has 1 atom stereocenters. The van der Waals surface area contributed by atoms with Crippen LogP contribution in [-0.2, 0) is 21.4 Å². The van der Waals surface area contributed by atoms with Gasteiger partial charge in [-0.2, -0.15) is 0 Å². The smallest absolute Gasteiger partial charge is 0.317 e. The van der Waals surface area contributed by atoms with Gasteiger partial charge in [-0.1, -0.05) is 18.2 Å². The summed E-state index contributed by atoms with van der Waals surface area (Å²) in [5.41, 5.74) is 0.483. The Bertz CT molecular complexity index is 748. The number of carbonyl (C=O) groups excluding carboxylic acids is 1. The molecule has 0 aliphatic carbocycles. The molecule has 0 radical (unpaired) electrons. The lowest BCUT2D eigenvalue weighted by atomic mass is 9.99. The van der Waals surface area contributed by atoms with Crippen LogP contribution in [0.2, 0.25) is 0 Å². The number of urea groups is 1. The van der Waals surface area contributed by atoms with Gasteiger partial charge in [-0.25, -0.2) is 17.5 Å². The molecule has 1 heterocycles. The largest absolute Gasteiger partial charge is 0.481 e. The first-order valence-corrected chi connectivity index (χ1v) is 9.43. The Hall–Kier alpha value is -2.13. The molecule has 138 valence electrons. The Kier molecular flexibility index (Phi) is 6.02. The fourth-order valence-corrected chi connectivity index (χ4v) is 3.86. The summed E-state index contributed by atoms with van der Waals surface area (Å²) in [6.45, 7) is 0.711. The quantitative estimate of drug-likeness (QED) is 0.803. The summed E-state index contributed by atoms with van der Waals surface area (Å²) in [5, 5.41) is 11.8. The molecule has 2 N–H and O–H groups in total. The van der Waals surface area contributed by atoms with Gasteiger partial charge in [0.05, 0.1) is 10.8 Å². The first-order chi connectivity index (χ1) is 11.7. The van der Waals surface area contributed by atoms with Crippen LogP contribution in [0.3, 0.4) is 0 Å². The molecule has 2 rings (SSSR count). The lowest BCUT2D eigenvalue weighted by Crippen LogP contribution is -2.46. The average Bonchev–Trinajstić information content (AvgIpc) is 2.59. The van der Waals surface area contributed by atoms with E-state index in [-0.39, 0.29) is 24.0 Å². The molecule has 8 nitrogen and oxygen atoms in total. The van der Waals surface area contributed by atoms with Crippen molar-refractivity contribution in [2.45, 2.75) is 24.3 Å². The van der Waals surface area contributed by atoms with Crippen LogP contribution in [0.15, 0.2) is 29.2 Å².